The molecule has 172 valence electrons. The molecule has 1 amide bonds. The molecule has 0 atom stereocenters. The normalized spacial score (nSPS) is 12.0. The number of nitrogens with one attached hydrogen (secondary N) is 1. The summed E-state index contributed by atoms with van der Waals surface area (Å²) >= 11 is 7.37. The molecule has 5 rings (SSSR count). The predicted octanol–water partition coefficient (Wildman–Crippen LogP) is 4.78. The predicted molar refractivity (Wildman–Crippen MR) is 131 cm³/mol. The zero-order chi connectivity index (χ0) is 23.3. The summed E-state index contributed by atoms with van der Waals surface area (Å²) < 4.78 is 13.0. The maximum absolute atomic E-state index is 12.5. The van der Waals surface area contributed by atoms with E-state index >= 15 is 0 Å². The highest BCUT2D eigenvalue weighted by Crippen LogP contribution is 2.33. The van der Waals surface area contributed by atoms with E-state index in [1.54, 1.807) is 6.07 Å². The van der Waals surface area contributed by atoms with Gasteiger partial charge in [-0.05, 0) is 35.4 Å². The number of carbonyl (C=O) groups is 1. The van der Waals surface area contributed by atoms with E-state index in [1.165, 1.54) is 11.8 Å². The molecule has 0 saturated carbocycles. The standard InChI is InChI=1S/C25H21ClN4O3S/c26-20-8-4-5-17(11-20)13-27-23(31)15-34-25-29-28-24(19-6-2-1-3-7-19)30(25)14-18-9-10-21-22(12-18)33-16-32-21/h1-12H,13-16H2,(H,27,31). The van der Waals surface area contributed by atoms with E-state index in [2.05, 4.69) is 15.5 Å². The molecule has 1 N–H and O–H groups in total. The van der Waals surface area contributed by atoms with Gasteiger partial charge >= 0.3 is 0 Å². The molecule has 2 heterocycles. The van der Waals surface area contributed by atoms with Crippen molar-refractivity contribution in [1.82, 2.24) is 20.1 Å². The van der Waals surface area contributed by atoms with Gasteiger partial charge in [0.1, 0.15) is 0 Å². The monoisotopic (exact) mass is 492 g/mol. The number of ether oxygens (including phenoxy) is 2. The Balaban J connectivity index is 1.32. The average molecular weight is 493 g/mol. The van der Waals surface area contributed by atoms with Gasteiger partial charge < -0.3 is 14.8 Å². The Hall–Kier alpha value is -3.49. The minimum absolute atomic E-state index is 0.0936. The zero-order valence-corrected chi connectivity index (χ0v) is 19.7. The van der Waals surface area contributed by atoms with Crippen LogP contribution in [0.1, 0.15) is 11.1 Å². The first-order valence-corrected chi connectivity index (χ1v) is 12.0. The maximum atomic E-state index is 12.5. The number of carbonyl (C=O) groups excluding carboxylic acids is 1. The number of amides is 1. The molecule has 4 aromatic rings. The third-order valence-corrected chi connectivity index (χ3v) is 6.44. The first kappa shape index (κ1) is 22.3. The first-order valence-electron chi connectivity index (χ1n) is 10.7. The van der Waals surface area contributed by atoms with Crippen molar-refractivity contribution in [3.63, 3.8) is 0 Å². The summed E-state index contributed by atoms with van der Waals surface area (Å²) in [6.45, 7) is 1.17. The Morgan fingerprint density at radius 1 is 0.971 bits per heavy atom. The smallest absolute Gasteiger partial charge is 0.231 e. The Morgan fingerprint density at radius 3 is 2.68 bits per heavy atom. The van der Waals surface area contributed by atoms with Gasteiger partial charge in [0.05, 0.1) is 12.3 Å². The molecule has 0 bridgehead atoms. The van der Waals surface area contributed by atoms with Crippen molar-refractivity contribution >= 4 is 29.3 Å². The van der Waals surface area contributed by atoms with Crippen LogP contribution in [0.3, 0.4) is 0 Å². The van der Waals surface area contributed by atoms with Crippen LogP contribution in [0.5, 0.6) is 11.5 Å². The lowest BCUT2D eigenvalue weighted by Gasteiger charge is -2.11. The average Bonchev–Trinajstić information content (AvgIpc) is 3.49. The van der Waals surface area contributed by atoms with Crippen molar-refractivity contribution < 1.29 is 14.3 Å². The molecule has 7 nitrogen and oxygen atoms in total. The van der Waals surface area contributed by atoms with Crippen molar-refractivity contribution in [2.24, 2.45) is 0 Å². The summed E-state index contributed by atoms with van der Waals surface area (Å²) in [6.07, 6.45) is 0. The van der Waals surface area contributed by atoms with Crippen LogP contribution in [0, 0.1) is 0 Å². The van der Waals surface area contributed by atoms with Gasteiger partial charge in [0.25, 0.3) is 0 Å². The van der Waals surface area contributed by atoms with Crippen LogP contribution in [0.2, 0.25) is 5.02 Å². The van der Waals surface area contributed by atoms with E-state index in [4.69, 9.17) is 21.1 Å². The Labute approximate surface area is 206 Å². The van der Waals surface area contributed by atoms with Gasteiger partial charge in [0.2, 0.25) is 12.7 Å². The number of fused-ring (bicyclic) bond motifs is 1. The van der Waals surface area contributed by atoms with Gasteiger partial charge in [-0.15, -0.1) is 10.2 Å². The summed E-state index contributed by atoms with van der Waals surface area (Å²) in [4.78, 5) is 12.5. The molecule has 1 aromatic heterocycles. The molecule has 0 aliphatic carbocycles. The Bertz CT molecular complexity index is 1310. The van der Waals surface area contributed by atoms with Crippen LogP contribution in [-0.2, 0) is 17.9 Å². The lowest BCUT2D eigenvalue weighted by molar-refractivity contribution is -0.118. The van der Waals surface area contributed by atoms with Crippen LogP contribution in [-0.4, -0.2) is 33.2 Å². The number of thioether (sulfide) groups is 1. The second-order valence-corrected chi connectivity index (χ2v) is 9.02. The molecular weight excluding hydrogens is 472 g/mol. The number of hydrogen-bond donors (Lipinski definition) is 1. The van der Waals surface area contributed by atoms with E-state index in [-0.39, 0.29) is 18.5 Å². The van der Waals surface area contributed by atoms with Crippen molar-refractivity contribution in [3.8, 4) is 22.9 Å². The Morgan fingerprint density at radius 2 is 1.82 bits per heavy atom. The van der Waals surface area contributed by atoms with Crippen LogP contribution >= 0.6 is 23.4 Å². The van der Waals surface area contributed by atoms with E-state index in [0.29, 0.717) is 23.3 Å². The molecule has 0 radical (unpaired) electrons. The maximum Gasteiger partial charge on any atom is 0.231 e. The Kier molecular flexibility index (Phi) is 6.69. The van der Waals surface area contributed by atoms with Crippen molar-refractivity contribution in [2.75, 3.05) is 12.5 Å². The number of aromatic nitrogens is 3. The van der Waals surface area contributed by atoms with Crippen molar-refractivity contribution in [2.45, 2.75) is 18.2 Å². The van der Waals surface area contributed by atoms with Crippen molar-refractivity contribution in [1.29, 1.82) is 0 Å². The lowest BCUT2D eigenvalue weighted by atomic mass is 10.2. The fourth-order valence-electron chi connectivity index (χ4n) is 3.59. The fourth-order valence-corrected chi connectivity index (χ4v) is 4.57. The third kappa shape index (κ3) is 5.18. The third-order valence-electron chi connectivity index (χ3n) is 5.24. The van der Waals surface area contributed by atoms with Gasteiger partial charge in [-0.3, -0.25) is 9.36 Å². The number of rotatable bonds is 8. The molecule has 0 fully saturated rings. The molecule has 0 unspecified atom stereocenters. The minimum Gasteiger partial charge on any atom is -0.454 e. The molecule has 34 heavy (non-hydrogen) atoms. The highest BCUT2D eigenvalue weighted by molar-refractivity contribution is 7.99. The topological polar surface area (TPSA) is 78.3 Å². The van der Waals surface area contributed by atoms with E-state index < -0.39 is 0 Å². The number of benzene rings is 3. The molecule has 1 aliphatic rings. The van der Waals surface area contributed by atoms with E-state index in [9.17, 15) is 4.79 Å². The van der Waals surface area contributed by atoms with Crippen molar-refractivity contribution in [3.05, 3.63) is 88.9 Å². The molecule has 0 spiro atoms. The molecule has 0 saturated heterocycles. The van der Waals surface area contributed by atoms with Gasteiger partial charge in [-0.2, -0.15) is 0 Å². The summed E-state index contributed by atoms with van der Waals surface area (Å²) in [5, 5.41) is 13.0. The summed E-state index contributed by atoms with van der Waals surface area (Å²) in [6, 6.07) is 23.2. The van der Waals surface area contributed by atoms with Gasteiger partial charge in [0, 0.05) is 17.1 Å². The van der Waals surface area contributed by atoms with Crippen LogP contribution in [0.15, 0.2) is 78.0 Å². The summed E-state index contributed by atoms with van der Waals surface area (Å²) in [5.41, 5.74) is 2.92. The molecule has 9 heteroatoms. The largest absolute Gasteiger partial charge is 0.454 e. The highest BCUT2D eigenvalue weighted by Gasteiger charge is 2.18. The fraction of sp³-hybridized carbons (Fsp3) is 0.160. The molecule has 3 aromatic carbocycles. The second-order valence-electron chi connectivity index (χ2n) is 7.64. The lowest BCUT2D eigenvalue weighted by Crippen LogP contribution is -2.24. The van der Waals surface area contributed by atoms with E-state index in [0.717, 1.165) is 34.0 Å². The van der Waals surface area contributed by atoms with Crippen LogP contribution < -0.4 is 14.8 Å². The SMILES string of the molecule is O=C(CSc1nnc(-c2ccccc2)n1Cc1ccc2c(c1)OCO2)NCc1cccc(Cl)c1. The minimum atomic E-state index is -0.0936. The first-order chi connectivity index (χ1) is 16.7. The summed E-state index contributed by atoms with van der Waals surface area (Å²) in [5.74, 6) is 2.32. The highest BCUT2D eigenvalue weighted by atomic mass is 35.5. The number of nitrogens with zero attached hydrogens (tertiary/aromatic N) is 3. The van der Waals surface area contributed by atoms with Gasteiger partial charge in [0.15, 0.2) is 22.5 Å². The van der Waals surface area contributed by atoms with E-state index in [1.807, 2.05) is 71.3 Å². The van der Waals surface area contributed by atoms with Crippen LogP contribution in [0.4, 0.5) is 0 Å². The molecule has 1 aliphatic heterocycles. The molecular formula is C25H21ClN4O3S. The zero-order valence-electron chi connectivity index (χ0n) is 18.1. The quantitative estimate of drug-likeness (QED) is 0.356. The van der Waals surface area contributed by atoms with Gasteiger partial charge in [-0.1, -0.05) is 71.9 Å². The number of hydrogen-bond acceptors (Lipinski definition) is 6. The number of halogens is 1. The van der Waals surface area contributed by atoms with Gasteiger partial charge in [-0.25, -0.2) is 0 Å². The van der Waals surface area contributed by atoms with Crippen LogP contribution in [0.25, 0.3) is 11.4 Å². The second kappa shape index (κ2) is 10.2. The summed E-state index contributed by atoms with van der Waals surface area (Å²) in [7, 11) is 0.